The van der Waals surface area contributed by atoms with Crippen molar-refractivity contribution in [3.05, 3.63) is 52.3 Å². The fourth-order valence-electron chi connectivity index (χ4n) is 1.58. The molecule has 0 atom stereocenters. The van der Waals surface area contributed by atoms with Crippen molar-refractivity contribution in [2.75, 3.05) is 12.4 Å². The van der Waals surface area contributed by atoms with Gasteiger partial charge in [0.15, 0.2) is 0 Å². The van der Waals surface area contributed by atoms with Gasteiger partial charge in [-0.3, -0.25) is 0 Å². The SMILES string of the molecule is COc1ccc(C#N)c(Nc2ccc(F)c(Br)c2)c1. The summed E-state index contributed by atoms with van der Waals surface area (Å²) >= 11 is 3.12. The fraction of sp³-hybridized carbons (Fsp3) is 0.0714. The summed E-state index contributed by atoms with van der Waals surface area (Å²) in [7, 11) is 1.56. The van der Waals surface area contributed by atoms with Crippen LogP contribution in [-0.2, 0) is 0 Å². The molecule has 1 N–H and O–H groups in total. The van der Waals surface area contributed by atoms with Gasteiger partial charge in [0.05, 0.1) is 22.8 Å². The number of nitriles is 1. The molecule has 0 aliphatic carbocycles. The number of halogens is 2. The molecule has 96 valence electrons. The maximum atomic E-state index is 13.2. The highest BCUT2D eigenvalue weighted by Gasteiger charge is 2.06. The van der Waals surface area contributed by atoms with Gasteiger partial charge in [-0.05, 0) is 46.3 Å². The van der Waals surface area contributed by atoms with E-state index in [1.165, 1.54) is 6.07 Å². The number of benzene rings is 2. The third-order valence-electron chi connectivity index (χ3n) is 2.55. The van der Waals surface area contributed by atoms with Crippen LogP contribution in [0.15, 0.2) is 40.9 Å². The predicted octanol–water partition coefficient (Wildman–Crippen LogP) is 4.21. The van der Waals surface area contributed by atoms with E-state index in [0.717, 1.165) is 0 Å². The molecular weight excluding hydrogens is 311 g/mol. The molecule has 3 nitrogen and oxygen atoms in total. The van der Waals surface area contributed by atoms with E-state index in [4.69, 9.17) is 10.00 Å². The van der Waals surface area contributed by atoms with E-state index in [1.54, 1.807) is 37.4 Å². The zero-order chi connectivity index (χ0) is 13.8. The van der Waals surface area contributed by atoms with Gasteiger partial charge in [0, 0.05) is 11.8 Å². The first-order valence-electron chi connectivity index (χ1n) is 5.44. The Labute approximate surface area is 118 Å². The third-order valence-corrected chi connectivity index (χ3v) is 3.15. The summed E-state index contributed by atoms with van der Waals surface area (Å²) in [5.41, 5.74) is 1.78. The van der Waals surface area contributed by atoms with Gasteiger partial charge < -0.3 is 10.1 Å². The van der Waals surface area contributed by atoms with E-state index in [1.807, 2.05) is 0 Å². The van der Waals surface area contributed by atoms with Crippen molar-refractivity contribution in [3.8, 4) is 11.8 Å². The normalized spacial score (nSPS) is 9.79. The van der Waals surface area contributed by atoms with E-state index in [9.17, 15) is 4.39 Å². The number of methoxy groups -OCH3 is 1. The second kappa shape index (κ2) is 5.72. The number of hydrogen-bond acceptors (Lipinski definition) is 3. The Kier molecular flexibility index (Phi) is 4.03. The number of ether oxygens (including phenoxy) is 1. The lowest BCUT2D eigenvalue weighted by molar-refractivity contribution is 0.415. The average molecular weight is 321 g/mol. The highest BCUT2D eigenvalue weighted by molar-refractivity contribution is 9.10. The van der Waals surface area contributed by atoms with Crippen LogP contribution in [0.3, 0.4) is 0 Å². The van der Waals surface area contributed by atoms with Crippen molar-refractivity contribution in [3.63, 3.8) is 0 Å². The molecule has 0 aliphatic heterocycles. The fourth-order valence-corrected chi connectivity index (χ4v) is 1.96. The zero-order valence-corrected chi connectivity index (χ0v) is 11.7. The van der Waals surface area contributed by atoms with Gasteiger partial charge in [-0.25, -0.2) is 4.39 Å². The van der Waals surface area contributed by atoms with Crippen molar-refractivity contribution >= 4 is 27.3 Å². The Morgan fingerprint density at radius 2 is 2.05 bits per heavy atom. The smallest absolute Gasteiger partial charge is 0.137 e. The van der Waals surface area contributed by atoms with Crippen LogP contribution in [0.4, 0.5) is 15.8 Å². The molecule has 0 fully saturated rings. The standard InChI is InChI=1S/C14H10BrFN2O/c1-19-11-4-2-9(8-17)14(7-11)18-10-3-5-13(16)12(15)6-10/h2-7,18H,1H3. The monoisotopic (exact) mass is 320 g/mol. The summed E-state index contributed by atoms with van der Waals surface area (Å²) < 4.78 is 18.6. The molecule has 2 rings (SSSR count). The molecule has 0 aliphatic rings. The number of rotatable bonds is 3. The van der Waals surface area contributed by atoms with Gasteiger partial charge in [0.1, 0.15) is 17.6 Å². The van der Waals surface area contributed by atoms with E-state index in [0.29, 0.717) is 27.2 Å². The molecule has 2 aromatic carbocycles. The lowest BCUT2D eigenvalue weighted by atomic mass is 10.1. The Morgan fingerprint density at radius 3 is 2.68 bits per heavy atom. The molecule has 19 heavy (non-hydrogen) atoms. The zero-order valence-electron chi connectivity index (χ0n) is 10.1. The number of nitrogens with zero attached hydrogens (tertiary/aromatic N) is 1. The van der Waals surface area contributed by atoms with Crippen LogP contribution in [0.25, 0.3) is 0 Å². The molecule has 0 heterocycles. The number of anilines is 2. The minimum atomic E-state index is -0.336. The van der Waals surface area contributed by atoms with Crippen LogP contribution in [0.5, 0.6) is 5.75 Å². The highest BCUT2D eigenvalue weighted by Crippen LogP contribution is 2.27. The minimum Gasteiger partial charge on any atom is -0.497 e. The van der Waals surface area contributed by atoms with Crippen LogP contribution in [0, 0.1) is 17.1 Å². The lowest BCUT2D eigenvalue weighted by Crippen LogP contribution is -1.95. The van der Waals surface area contributed by atoms with Crippen molar-refractivity contribution in [1.29, 1.82) is 5.26 Å². The Morgan fingerprint density at radius 1 is 1.26 bits per heavy atom. The summed E-state index contributed by atoms with van der Waals surface area (Å²) in [6, 6.07) is 11.7. The average Bonchev–Trinajstić information content (AvgIpc) is 2.43. The first-order valence-corrected chi connectivity index (χ1v) is 6.23. The Hall–Kier alpha value is -2.06. The van der Waals surface area contributed by atoms with Gasteiger partial charge >= 0.3 is 0 Å². The first-order chi connectivity index (χ1) is 9.13. The van der Waals surface area contributed by atoms with Gasteiger partial charge in [-0.15, -0.1) is 0 Å². The summed E-state index contributed by atoms with van der Waals surface area (Å²) in [6.07, 6.45) is 0. The van der Waals surface area contributed by atoms with Crippen molar-refractivity contribution in [2.45, 2.75) is 0 Å². The van der Waals surface area contributed by atoms with Crippen molar-refractivity contribution in [2.24, 2.45) is 0 Å². The van der Waals surface area contributed by atoms with Gasteiger partial charge in [-0.2, -0.15) is 5.26 Å². The first kappa shape index (κ1) is 13.4. The summed E-state index contributed by atoms with van der Waals surface area (Å²) in [5.74, 6) is 0.305. The van der Waals surface area contributed by atoms with Crippen molar-refractivity contribution in [1.82, 2.24) is 0 Å². The maximum Gasteiger partial charge on any atom is 0.137 e. The molecule has 0 bridgehead atoms. The minimum absolute atomic E-state index is 0.336. The highest BCUT2D eigenvalue weighted by atomic mass is 79.9. The molecule has 0 spiro atoms. The van der Waals surface area contributed by atoms with E-state index in [-0.39, 0.29) is 5.82 Å². The molecule has 0 radical (unpaired) electrons. The molecule has 2 aromatic rings. The Bertz CT molecular complexity index is 652. The molecule has 0 saturated carbocycles. The second-order valence-electron chi connectivity index (χ2n) is 3.78. The number of nitrogens with one attached hydrogen (secondary N) is 1. The van der Waals surface area contributed by atoms with Crippen LogP contribution in [0.2, 0.25) is 0 Å². The van der Waals surface area contributed by atoms with Crippen LogP contribution >= 0.6 is 15.9 Å². The van der Waals surface area contributed by atoms with E-state index >= 15 is 0 Å². The van der Waals surface area contributed by atoms with E-state index < -0.39 is 0 Å². The molecule has 0 aromatic heterocycles. The molecule has 0 unspecified atom stereocenters. The Balaban J connectivity index is 2.36. The van der Waals surface area contributed by atoms with Crippen LogP contribution in [-0.4, -0.2) is 7.11 Å². The van der Waals surface area contributed by atoms with Crippen LogP contribution < -0.4 is 10.1 Å². The van der Waals surface area contributed by atoms with Gasteiger partial charge in [0.25, 0.3) is 0 Å². The predicted molar refractivity (Wildman–Crippen MR) is 75.1 cm³/mol. The summed E-state index contributed by atoms with van der Waals surface area (Å²) in [4.78, 5) is 0. The lowest BCUT2D eigenvalue weighted by Gasteiger charge is -2.10. The molecule has 0 amide bonds. The maximum absolute atomic E-state index is 13.2. The topological polar surface area (TPSA) is 45.0 Å². The van der Waals surface area contributed by atoms with Gasteiger partial charge in [-0.1, -0.05) is 0 Å². The molecular formula is C14H10BrFN2O. The summed E-state index contributed by atoms with van der Waals surface area (Å²) in [5, 5.41) is 12.1. The van der Waals surface area contributed by atoms with Crippen molar-refractivity contribution < 1.29 is 9.13 Å². The molecule has 0 saturated heterocycles. The quantitative estimate of drug-likeness (QED) is 0.921. The largest absolute Gasteiger partial charge is 0.497 e. The third kappa shape index (κ3) is 3.04. The van der Waals surface area contributed by atoms with Crippen LogP contribution in [0.1, 0.15) is 5.56 Å². The second-order valence-corrected chi connectivity index (χ2v) is 4.63. The van der Waals surface area contributed by atoms with E-state index in [2.05, 4.69) is 27.3 Å². The summed E-state index contributed by atoms with van der Waals surface area (Å²) in [6.45, 7) is 0. The number of hydrogen-bond donors (Lipinski definition) is 1. The van der Waals surface area contributed by atoms with Gasteiger partial charge in [0.2, 0.25) is 0 Å². The molecule has 5 heteroatoms.